The second-order valence-electron chi connectivity index (χ2n) is 3.86. The Balaban J connectivity index is 2.87. The van der Waals surface area contributed by atoms with Crippen molar-refractivity contribution < 1.29 is 24.2 Å². The molecule has 6 nitrogen and oxygen atoms in total. The van der Waals surface area contributed by atoms with Crippen molar-refractivity contribution in [3.05, 3.63) is 46.0 Å². The molecule has 0 fully saturated rings. The van der Waals surface area contributed by atoms with Crippen LogP contribution < -0.4 is 5.43 Å². The molecule has 2 aromatic rings. The highest BCUT2D eigenvalue weighted by molar-refractivity contribution is 5.92. The average molecular weight is 265 g/mol. The smallest absolute Gasteiger partial charge is 0.341 e. The van der Waals surface area contributed by atoms with Crippen molar-refractivity contribution in [3.63, 3.8) is 0 Å². The average Bonchev–Trinajstić information content (AvgIpc) is 2.31. The first-order valence-corrected chi connectivity index (χ1v) is 5.18. The van der Waals surface area contributed by atoms with Crippen LogP contribution in [-0.4, -0.2) is 26.7 Å². The monoisotopic (exact) mass is 265 g/mol. The number of hydrogen-bond acceptors (Lipinski definition) is 3. The van der Waals surface area contributed by atoms with Crippen molar-refractivity contribution in [2.45, 2.75) is 6.54 Å². The van der Waals surface area contributed by atoms with Gasteiger partial charge in [0.1, 0.15) is 17.9 Å². The van der Waals surface area contributed by atoms with E-state index in [-0.39, 0.29) is 10.9 Å². The summed E-state index contributed by atoms with van der Waals surface area (Å²) in [4.78, 5) is 33.5. The maximum absolute atomic E-state index is 13.2. The van der Waals surface area contributed by atoms with E-state index >= 15 is 0 Å². The number of aromatic nitrogens is 1. The third-order valence-corrected chi connectivity index (χ3v) is 2.58. The molecule has 0 saturated heterocycles. The third-order valence-electron chi connectivity index (χ3n) is 2.58. The van der Waals surface area contributed by atoms with E-state index in [1.807, 2.05) is 0 Å². The molecule has 7 heteroatoms. The molecule has 2 N–H and O–H groups in total. The molecule has 0 unspecified atom stereocenters. The largest absolute Gasteiger partial charge is 0.480 e. The van der Waals surface area contributed by atoms with Gasteiger partial charge in [0.15, 0.2) is 0 Å². The maximum atomic E-state index is 13.2. The van der Waals surface area contributed by atoms with Crippen molar-refractivity contribution >= 4 is 22.8 Å². The predicted molar refractivity (Wildman–Crippen MR) is 62.8 cm³/mol. The van der Waals surface area contributed by atoms with Crippen LogP contribution in [0.4, 0.5) is 4.39 Å². The molecule has 2 rings (SSSR count). The number of aromatic carboxylic acids is 1. The molecule has 98 valence electrons. The SMILES string of the molecule is O=C(O)Cn1cc(C(=O)O)c(=O)c2ccc(F)cc21. The third kappa shape index (κ3) is 2.30. The summed E-state index contributed by atoms with van der Waals surface area (Å²) in [5.74, 6) is -3.34. The zero-order valence-corrected chi connectivity index (χ0v) is 9.46. The normalized spacial score (nSPS) is 10.6. The number of rotatable bonds is 3. The van der Waals surface area contributed by atoms with E-state index in [0.717, 1.165) is 29.0 Å². The lowest BCUT2D eigenvalue weighted by molar-refractivity contribution is -0.137. The molecule has 0 saturated carbocycles. The van der Waals surface area contributed by atoms with Crippen LogP contribution in [0.3, 0.4) is 0 Å². The number of carbonyl (C=O) groups is 2. The Morgan fingerprint density at radius 1 is 1.26 bits per heavy atom. The lowest BCUT2D eigenvalue weighted by atomic mass is 10.1. The molecule has 0 atom stereocenters. The van der Waals surface area contributed by atoms with E-state index in [0.29, 0.717) is 0 Å². The first-order chi connectivity index (χ1) is 8.90. The van der Waals surface area contributed by atoms with E-state index in [1.165, 1.54) is 0 Å². The molecule has 1 heterocycles. The van der Waals surface area contributed by atoms with Gasteiger partial charge in [-0.2, -0.15) is 0 Å². The molecular formula is C12H8FNO5. The predicted octanol–water partition coefficient (Wildman–Crippen LogP) is 0.923. The van der Waals surface area contributed by atoms with E-state index in [2.05, 4.69) is 0 Å². The molecule has 0 aliphatic rings. The van der Waals surface area contributed by atoms with Crippen molar-refractivity contribution in [1.29, 1.82) is 0 Å². The van der Waals surface area contributed by atoms with Crippen molar-refractivity contribution in [2.75, 3.05) is 0 Å². The Morgan fingerprint density at radius 3 is 2.53 bits per heavy atom. The van der Waals surface area contributed by atoms with Crippen LogP contribution in [-0.2, 0) is 11.3 Å². The fourth-order valence-corrected chi connectivity index (χ4v) is 1.79. The summed E-state index contributed by atoms with van der Waals surface area (Å²) < 4.78 is 14.2. The Kier molecular flexibility index (Phi) is 3.04. The molecule has 0 radical (unpaired) electrons. The standard InChI is InChI=1S/C12H8FNO5/c13-6-1-2-7-9(3-6)14(5-10(15)16)4-8(11(7)17)12(18)19/h1-4H,5H2,(H,15,16)(H,18,19). The zero-order valence-electron chi connectivity index (χ0n) is 9.46. The molecule has 0 aliphatic heterocycles. The molecule has 19 heavy (non-hydrogen) atoms. The zero-order chi connectivity index (χ0) is 14.2. The number of benzene rings is 1. The molecule has 0 bridgehead atoms. The summed E-state index contributed by atoms with van der Waals surface area (Å²) in [6.07, 6.45) is 0.903. The summed E-state index contributed by atoms with van der Waals surface area (Å²) >= 11 is 0. The summed E-state index contributed by atoms with van der Waals surface area (Å²) in [6, 6.07) is 3.14. The number of carboxylic acids is 2. The van der Waals surface area contributed by atoms with Gasteiger partial charge in [0.05, 0.1) is 5.52 Å². The van der Waals surface area contributed by atoms with Gasteiger partial charge in [0.25, 0.3) is 0 Å². The van der Waals surface area contributed by atoms with Gasteiger partial charge >= 0.3 is 11.9 Å². The summed E-state index contributed by atoms with van der Waals surface area (Å²) in [6.45, 7) is -0.569. The first-order valence-electron chi connectivity index (χ1n) is 5.18. The van der Waals surface area contributed by atoms with Crippen molar-refractivity contribution in [2.24, 2.45) is 0 Å². The van der Waals surface area contributed by atoms with Gasteiger partial charge in [0, 0.05) is 11.6 Å². The van der Waals surface area contributed by atoms with Gasteiger partial charge in [-0.15, -0.1) is 0 Å². The first kappa shape index (κ1) is 12.7. The summed E-state index contributed by atoms with van der Waals surface area (Å²) in [7, 11) is 0. The van der Waals surface area contributed by atoms with Gasteiger partial charge in [0.2, 0.25) is 5.43 Å². The highest BCUT2D eigenvalue weighted by Gasteiger charge is 2.15. The molecule has 1 aromatic carbocycles. The quantitative estimate of drug-likeness (QED) is 0.860. The van der Waals surface area contributed by atoms with E-state index in [4.69, 9.17) is 10.2 Å². The van der Waals surface area contributed by atoms with Gasteiger partial charge in [-0.3, -0.25) is 9.59 Å². The van der Waals surface area contributed by atoms with Gasteiger partial charge < -0.3 is 14.8 Å². The van der Waals surface area contributed by atoms with Gasteiger partial charge in [-0.1, -0.05) is 0 Å². The second kappa shape index (κ2) is 4.52. The Hall–Kier alpha value is -2.70. The number of fused-ring (bicyclic) bond motifs is 1. The minimum Gasteiger partial charge on any atom is -0.480 e. The maximum Gasteiger partial charge on any atom is 0.341 e. The van der Waals surface area contributed by atoms with Gasteiger partial charge in [-0.25, -0.2) is 9.18 Å². The van der Waals surface area contributed by atoms with E-state index < -0.39 is 35.3 Å². The Bertz CT molecular complexity index is 750. The topological polar surface area (TPSA) is 96.6 Å². The van der Waals surface area contributed by atoms with Crippen LogP contribution in [0.15, 0.2) is 29.2 Å². The highest BCUT2D eigenvalue weighted by atomic mass is 19.1. The van der Waals surface area contributed by atoms with Crippen LogP contribution in [0.5, 0.6) is 0 Å². The number of hydrogen-bond donors (Lipinski definition) is 2. The van der Waals surface area contributed by atoms with Crippen LogP contribution in [0.2, 0.25) is 0 Å². The van der Waals surface area contributed by atoms with E-state index in [1.54, 1.807) is 0 Å². The number of pyridine rings is 1. The minimum absolute atomic E-state index is 0.0393. The number of nitrogens with zero attached hydrogens (tertiary/aromatic N) is 1. The molecule has 0 aliphatic carbocycles. The Labute approximate surface area is 105 Å². The fourth-order valence-electron chi connectivity index (χ4n) is 1.79. The van der Waals surface area contributed by atoms with Crippen molar-refractivity contribution in [1.82, 2.24) is 4.57 Å². The second-order valence-corrected chi connectivity index (χ2v) is 3.86. The minimum atomic E-state index is -1.46. The van der Waals surface area contributed by atoms with Crippen molar-refractivity contribution in [3.8, 4) is 0 Å². The highest BCUT2D eigenvalue weighted by Crippen LogP contribution is 2.14. The summed E-state index contributed by atoms with van der Waals surface area (Å²) in [5, 5.41) is 17.6. The van der Waals surface area contributed by atoms with E-state index in [9.17, 15) is 18.8 Å². The lowest BCUT2D eigenvalue weighted by Gasteiger charge is -2.09. The van der Waals surface area contributed by atoms with Crippen LogP contribution in [0, 0.1) is 5.82 Å². The fraction of sp³-hybridized carbons (Fsp3) is 0.0833. The Morgan fingerprint density at radius 2 is 1.95 bits per heavy atom. The number of aliphatic carboxylic acids is 1. The molecule has 0 amide bonds. The van der Waals surface area contributed by atoms with Crippen LogP contribution >= 0.6 is 0 Å². The molecule has 0 spiro atoms. The number of halogens is 1. The number of carboxylic acid groups (broad SMARTS) is 2. The van der Waals surface area contributed by atoms with Crippen LogP contribution in [0.1, 0.15) is 10.4 Å². The van der Waals surface area contributed by atoms with Gasteiger partial charge in [-0.05, 0) is 18.2 Å². The van der Waals surface area contributed by atoms with Crippen LogP contribution in [0.25, 0.3) is 10.9 Å². The molecule has 1 aromatic heterocycles. The summed E-state index contributed by atoms with van der Waals surface area (Å²) in [5.41, 5.74) is -1.29. The lowest BCUT2D eigenvalue weighted by Crippen LogP contribution is -2.21. The molecular weight excluding hydrogens is 257 g/mol.